The van der Waals surface area contributed by atoms with Gasteiger partial charge in [-0.15, -0.1) is 0 Å². The minimum atomic E-state index is -3.84. The van der Waals surface area contributed by atoms with Gasteiger partial charge in [0.2, 0.25) is 10.0 Å². The number of ether oxygens (including phenoxy) is 2. The average molecular weight is 376 g/mol. The minimum absolute atomic E-state index is 0.0857. The first-order valence-electron chi connectivity index (χ1n) is 7.69. The van der Waals surface area contributed by atoms with Crippen molar-refractivity contribution in [2.24, 2.45) is 5.14 Å². The first kappa shape index (κ1) is 19.5. The molecule has 0 spiro atoms. The third-order valence-corrected chi connectivity index (χ3v) is 4.26. The molecule has 0 heterocycles. The van der Waals surface area contributed by atoms with Crippen LogP contribution in [-0.4, -0.2) is 28.0 Å². The van der Waals surface area contributed by atoms with E-state index < -0.39 is 15.9 Å². The van der Waals surface area contributed by atoms with Crippen LogP contribution in [0.4, 0.5) is 5.69 Å². The van der Waals surface area contributed by atoms with Gasteiger partial charge in [0.15, 0.2) is 18.1 Å². The fraction of sp³-hybridized carbons (Fsp3) is 0.167. The van der Waals surface area contributed by atoms with Gasteiger partial charge in [0, 0.05) is 5.69 Å². The van der Waals surface area contributed by atoms with Gasteiger partial charge in [-0.2, -0.15) is 0 Å². The number of hydrogen-bond donors (Lipinski definition) is 2. The molecular weight excluding hydrogens is 356 g/mol. The van der Waals surface area contributed by atoms with Gasteiger partial charge in [-0.3, -0.25) is 4.79 Å². The second-order valence-corrected chi connectivity index (χ2v) is 6.88. The van der Waals surface area contributed by atoms with Crippen molar-refractivity contribution in [1.82, 2.24) is 0 Å². The summed E-state index contributed by atoms with van der Waals surface area (Å²) in [5, 5.41) is 7.63. The maximum absolute atomic E-state index is 12.0. The summed E-state index contributed by atoms with van der Waals surface area (Å²) in [6, 6.07) is 11.0. The number of sulfonamides is 1. The molecular formula is C18H20N2O5S. The van der Waals surface area contributed by atoms with Gasteiger partial charge in [-0.25, -0.2) is 13.6 Å². The lowest BCUT2D eigenvalue weighted by Gasteiger charge is -2.12. The molecule has 1 amide bonds. The Morgan fingerprint density at radius 2 is 1.96 bits per heavy atom. The highest BCUT2D eigenvalue weighted by molar-refractivity contribution is 7.89. The lowest BCUT2D eigenvalue weighted by molar-refractivity contribution is -0.118. The molecule has 0 aliphatic heterocycles. The van der Waals surface area contributed by atoms with Crippen LogP contribution in [0.25, 0.3) is 6.08 Å². The summed E-state index contributed by atoms with van der Waals surface area (Å²) < 4.78 is 33.4. The molecule has 0 bridgehead atoms. The fourth-order valence-corrected chi connectivity index (χ4v) is 2.75. The van der Waals surface area contributed by atoms with Crippen molar-refractivity contribution < 1.29 is 22.7 Å². The highest BCUT2D eigenvalue weighted by Crippen LogP contribution is 2.28. The summed E-state index contributed by atoms with van der Waals surface area (Å²) in [4.78, 5) is 12.0. The second kappa shape index (κ2) is 8.50. The molecule has 0 unspecified atom stereocenters. The summed E-state index contributed by atoms with van der Waals surface area (Å²) in [6.45, 7) is 1.64. The molecule has 2 aromatic carbocycles. The van der Waals surface area contributed by atoms with E-state index in [1.807, 2.05) is 25.1 Å². The van der Waals surface area contributed by atoms with Gasteiger partial charge in [0.1, 0.15) is 0 Å². The molecule has 0 atom stereocenters. The summed E-state index contributed by atoms with van der Waals surface area (Å²) in [7, 11) is -2.32. The van der Waals surface area contributed by atoms with Crippen molar-refractivity contribution in [3.8, 4) is 11.5 Å². The fourth-order valence-electron chi connectivity index (χ4n) is 2.19. The van der Waals surface area contributed by atoms with E-state index in [0.29, 0.717) is 17.2 Å². The average Bonchev–Trinajstić information content (AvgIpc) is 2.60. The van der Waals surface area contributed by atoms with Gasteiger partial charge in [0.05, 0.1) is 12.0 Å². The highest BCUT2D eigenvalue weighted by atomic mass is 32.2. The molecule has 8 heteroatoms. The molecule has 0 fully saturated rings. The number of amides is 1. The van der Waals surface area contributed by atoms with E-state index in [2.05, 4.69) is 5.32 Å². The highest BCUT2D eigenvalue weighted by Gasteiger charge is 2.11. The number of allylic oxidation sites excluding steroid dienone is 1. The van der Waals surface area contributed by atoms with E-state index in [9.17, 15) is 13.2 Å². The zero-order valence-electron chi connectivity index (χ0n) is 14.4. The molecule has 0 aromatic heterocycles. The molecule has 138 valence electrons. The first-order chi connectivity index (χ1) is 12.3. The SMILES string of the molecule is CC=Cc1ccc(OCC(=O)Nc2cccc(S(N)(=O)=O)c2)c(OC)c1. The summed E-state index contributed by atoms with van der Waals surface area (Å²) in [5.74, 6) is 0.481. The van der Waals surface area contributed by atoms with Crippen LogP contribution in [0.3, 0.4) is 0 Å². The molecule has 2 rings (SSSR count). The summed E-state index contributed by atoms with van der Waals surface area (Å²) in [6.07, 6.45) is 3.82. The van der Waals surface area contributed by atoms with Crippen LogP contribution in [-0.2, 0) is 14.8 Å². The van der Waals surface area contributed by atoms with Crippen LogP contribution in [0.1, 0.15) is 12.5 Å². The molecule has 3 N–H and O–H groups in total. The number of carbonyl (C=O) groups excluding carboxylic acids is 1. The zero-order valence-corrected chi connectivity index (χ0v) is 15.2. The van der Waals surface area contributed by atoms with E-state index in [1.54, 1.807) is 18.2 Å². The van der Waals surface area contributed by atoms with E-state index in [-0.39, 0.29) is 11.5 Å². The Kier molecular flexibility index (Phi) is 6.37. The number of nitrogens with one attached hydrogen (secondary N) is 1. The van der Waals surface area contributed by atoms with Crippen molar-refractivity contribution in [2.45, 2.75) is 11.8 Å². The van der Waals surface area contributed by atoms with Crippen molar-refractivity contribution in [1.29, 1.82) is 0 Å². The molecule has 0 saturated heterocycles. The van der Waals surface area contributed by atoms with Crippen LogP contribution in [0, 0.1) is 0 Å². The minimum Gasteiger partial charge on any atom is -0.493 e. The first-order valence-corrected chi connectivity index (χ1v) is 9.24. The number of carbonyl (C=O) groups is 1. The van der Waals surface area contributed by atoms with Crippen molar-refractivity contribution in [3.63, 3.8) is 0 Å². The van der Waals surface area contributed by atoms with Crippen molar-refractivity contribution in [3.05, 3.63) is 54.1 Å². The van der Waals surface area contributed by atoms with Gasteiger partial charge < -0.3 is 14.8 Å². The predicted molar refractivity (Wildman–Crippen MR) is 99.6 cm³/mol. The number of methoxy groups -OCH3 is 1. The number of anilines is 1. The van der Waals surface area contributed by atoms with E-state index in [1.165, 1.54) is 25.3 Å². The number of hydrogen-bond acceptors (Lipinski definition) is 5. The van der Waals surface area contributed by atoms with Crippen LogP contribution >= 0.6 is 0 Å². The van der Waals surface area contributed by atoms with E-state index in [4.69, 9.17) is 14.6 Å². The number of nitrogens with two attached hydrogens (primary N) is 1. The molecule has 0 saturated carbocycles. The van der Waals surface area contributed by atoms with Gasteiger partial charge >= 0.3 is 0 Å². The third kappa shape index (κ3) is 5.33. The molecule has 2 aromatic rings. The third-order valence-electron chi connectivity index (χ3n) is 3.35. The maximum atomic E-state index is 12.0. The van der Waals surface area contributed by atoms with Crippen molar-refractivity contribution in [2.75, 3.05) is 19.0 Å². The predicted octanol–water partition coefficient (Wildman–Crippen LogP) is 2.39. The standard InChI is InChI=1S/C18H20N2O5S/c1-3-5-13-8-9-16(17(10-13)24-2)25-12-18(21)20-14-6-4-7-15(11-14)26(19,22)23/h3-11H,12H2,1-2H3,(H,20,21)(H2,19,22,23). The molecule has 26 heavy (non-hydrogen) atoms. The lowest BCUT2D eigenvalue weighted by atomic mass is 10.2. The molecule has 7 nitrogen and oxygen atoms in total. The van der Waals surface area contributed by atoms with Crippen LogP contribution in [0.15, 0.2) is 53.4 Å². The molecule has 0 aliphatic carbocycles. The summed E-state index contributed by atoms with van der Waals surface area (Å²) in [5.41, 5.74) is 1.25. The Morgan fingerprint density at radius 3 is 2.62 bits per heavy atom. The largest absolute Gasteiger partial charge is 0.493 e. The Labute approximate surface area is 152 Å². The molecule has 0 aliphatic rings. The van der Waals surface area contributed by atoms with Crippen molar-refractivity contribution >= 4 is 27.7 Å². The number of rotatable bonds is 7. The van der Waals surface area contributed by atoms with Gasteiger partial charge in [0.25, 0.3) is 5.91 Å². The number of primary sulfonamides is 1. The topological polar surface area (TPSA) is 108 Å². The Balaban J connectivity index is 2.03. The van der Waals surface area contributed by atoms with E-state index in [0.717, 1.165) is 5.56 Å². The Hall–Kier alpha value is -2.84. The van der Waals surface area contributed by atoms with Crippen LogP contribution < -0.4 is 19.9 Å². The van der Waals surface area contributed by atoms with Gasteiger partial charge in [-0.1, -0.05) is 24.3 Å². The zero-order chi connectivity index (χ0) is 19.2. The maximum Gasteiger partial charge on any atom is 0.262 e. The monoisotopic (exact) mass is 376 g/mol. The smallest absolute Gasteiger partial charge is 0.262 e. The second-order valence-electron chi connectivity index (χ2n) is 5.32. The molecule has 0 radical (unpaired) electrons. The summed E-state index contributed by atoms with van der Waals surface area (Å²) >= 11 is 0. The van der Waals surface area contributed by atoms with Crippen LogP contribution in [0.5, 0.6) is 11.5 Å². The van der Waals surface area contributed by atoms with Crippen LogP contribution in [0.2, 0.25) is 0 Å². The lowest BCUT2D eigenvalue weighted by Crippen LogP contribution is -2.20. The van der Waals surface area contributed by atoms with Gasteiger partial charge in [-0.05, 0) is 42.8 Å². The normalized spacial score (nSPS) is 11.3. The Morgan fingerprint density at radius 1 is 1.19 bits per heavy atom. The number of benzene rings is 2. The Bertz CT molecular complexity index is 923. The quantitative estimate of drug-likeness (QED) is 0.771. The van der Waals surface area contributed by atoms with E-state index >= 15 is 0 Å².